The number of hydrogen-bond donors (Lipinski definition) is 2. The summed E-state index contributed by atoms with van der Waals surface area (Å²) in [5.74, 6) is 0.969. The fourth-order valence-electron chi connectivity index (χ4n) is 2.19. The van der Waals surface area contributed by atoms with Crippen LogP contribution in [0.25, 0.3) is 21.2 Å². The second-order valence-electron chi connectivity index (χ2n) is 4.68. The van der Waals surface area contributed by atoms with Crippen LogP contribution in [0.15, 0.2) is 48.5 Å². The zero-order chi connectivity index (χ0) is 13.8. The van der Waals surface area contributed by atoms with Crippen molar-refractivity contribution in [3.05, 3.63) is 48.5 Å². The largest absolute Gasteiger partial charge is 0.369 e. The van der Waals surface area contributed by atoms with Crippen molar-refractivity contribution < 1.29 is 0 Å². The lowest BCUT2D eigenvalue weighted by Crippen LogP contribution is -2.08. The van der Waals surface area contributed by atoms with E-state index in [4.69, 9.17) is 5.73 Å². The highest BCUT2D eigenvalue weighted by molar-refractivity contribution is 7.13. The first-order chi connectivity index (χ1) is 9.88. The zero-order valence-corrected chi connectivity index (χ0v) is 12.0. The number of nitrogens with zero attached hydrogens (tertiary/aromatic N) is 1. The molecule has 4 heteroatoms. The maximum absolute atomic E-state index is 5.52. The zero-order valence-electron chi connectivity index (χ0n) is 11.2. The SMILES string of the molecule is NCCCNc1nsc2ccc(-c3ccccc3)cc12. The average Bonchev–Trinajstić information content (AvgIpc) is 2.91. The first-order valence-electron chi connectivity index (χ1n) is 6.77. The Morgan fingerprint density at radius 2 is 1.90 bits per heavy atom. The Kier molecular flexibility index (Phi) is 3.95. The second-order valence-corrected chi connectivity index (χ2v) is 5.48. The molecular formula is C16H17N3S. The van der Waals surface area contributed by atoms with Crippen molar-refractivity contribution in [2.75, 3.05) is 18.4 Å². The van der Waals surface area contributed by atoms with E-state index in [-0.39, 0.29) is 0 Å². The van der Waals surface area contributed by atoms with Crippen LogP contribution in [0.2, 0.25) is 0 Å². The molecule has 0 aliphatic heterocycles. The van der Waals surface area contributed by atoms with E-state index < -0.39 is 0 Å². The van der Waals surface area contributed by atoms with Crippen molar-refractivity contribution in [1.29, 1.82) is 0 Å². The van der Waals surface area contributed by atoms with Gasteiger partial charge in [0.1, 0.15) is 5.82 Å². The number of benzene rings is 2. The van der Waals surface area contributed by atoms with Gasteiger partial charge in [0.15, 0.2) is 0 Å². The molecule has 102 valence electrons. The summed E-state index contributed by atoms with van der Waals surface area (Å²) in [5.41, 5.74) is 7.98. The van der Waals surface area contributed by atoms with E-state index in [2.05, 4.69) is 52.2 Å². The highest BCUT2D eigenvalue weighted by Gasteiger charge is 2.07. The average molecular weight is 283 g/mol. The van der Waals surface area contributed by atoms with Gasteiger partial charge in [-0.15, -0.1) is 0 Å². The highest BCUT2D eigenvalue weighted by Crippen LogP contribution is 2.31. The third-order valence-electron chi connectivity index (χ3n) is 3.25. The Hall–Kier alpha value is -1.91. The molecule has 0 amide bonds. The highest BCUT2D eigenvalue weighted by atomic mass is 32.1. The lowest BCUT2D eigenvalue weighted by Gasteiger charge is -2.04. The molecule has 0 unspecified atom stereocenters. The molecule has 3 aromatic rings. The second kappa shape index (κ2) is 6.03. The topological polar surface area (TPSA) is 50.9 Å². The number of rotatable bonds is 5. The Labute approximate surface area is 122 Å². The van der Waals surface area contributed by atoms with Crippen molar-refractivity contribution >= 4 is 27.4 Å². The molecule has 0 atom stereocenters. The summed E-state index contributed by atoms with van der Waals surface area (Å²) in [7, 11) is 0. The molecule has 0 fully saturated rings. The molecule has 0 saturated carbocycles. The number of nitrogens with two attached hydrogens (primary N) is 1. The van der Waals surface area contributed by atoms with Crippen LogP contribution >= 0.6 is 11.5 Å². The maximum atomic E-state index is 5.52. The Morgan fingerprint density at radius 1 is 1.05 bits per heavy atom. The summed E-state index contributed by atoms with van der Waals surface area (Å²) in [6, 6.07) is 16.9. The van der Waals surface area contributed by atoms with Crippen LogP contribution < -0.4 is 11.1 Å². The molecule has 0 bridgehead atoms. The van der Waals surface area contributed by atoms with Gasteiger partial charge >= 0.3 is 0 Å². The normalized spacial score (nSPS) is 10.8. The molecule has 0 spiro atoms. The predicted molar refractivity (Wildman–Crippen MR) is 87.2 cm³/mol. The van der Waals surface area contributed by atoms with Crippen LogP contribution in [-0.4, -0.2) is 17.5 Å². The molecule has 3 nitrogen and oxygen atoms in total. The molecule has 3 N–H and O–H groups in total. The molecule has 0 aliphatic carbocycles. The van der Waals surface area contributed by atoms with Gasteiger partial charge in [-0.1, -0.05) is 36.4 Å². The maximum Gasteiger partial charge on any atom is 0.147 e. The van der Waals surface area contributed by atoms with Gasteiger partial charge in [0.2, 0.25) is 0 Å². The molecule has 20 heavy (non-hydrogen) atoms. The Bertz CT molecular complexity index is 691. The minimum absolute atomic E-state index is 0.699. The summed E-state index contributed by atoms with van der Waals surface area (Å²) in [4.78, 5) is 0. The molecule has 2 aromatic carbocycles. The van der Waals surface area contributed by atoms with E-state index >= 15 is 0 Å². The van der Waals surface area contributed by atoms with Gasteiger partial charge in [0, 0.05) is 11.9 Å². The van der Waals surface area contributed by atoms with Gasteiger partial charge < -0.3 is 11.1 Å². The van der Waals surface area contributed by atoms with Crippen LogP contribution in [0.1, 0.15) is 6.42 Å². The smallest absolute Gasteiger partial charge is 0.147 e. The minimum atomic E-state index is 0.699. The predicted octanol–water partition coefficient (Wildman–Crippen LogP) is 3.72. The number of hydrogen-bond acceptors (Lipinski definition) is 4. The molecule has 0 saturated heterocycles. The third kappa shape index (κ3) is 2.66. The summed E-state index contributed by atoms with van der Waals surface area (Å²) >= 11 is 1.53. The monoisotopic (exact) mass is 283 g/mol. The molecule has 1 heterocycles. The van der Waals surface area contributed by atoms with E-state index in [1.54, 1.807) is 0 Å². The van der Waals surface area contributed by atoms with Crippen molar-refractivity contribution in [2.45, 2.75) is 6.42 Å². The van der Waals surface area contributed by atoms with Gasteiger partial charge in [-0.2, -0.15) is 4.37 Å². The quantitative estimate of drug-likeness (QED) is 0.702. The summed E-state index contributed by atoms with van der Waals surface area (Å²) in [5, 5.41) is 4.55. The summed E-state index contributed by atoms with van der Waals surface area (Å²) < 4.78 is 5.70. The first-order valence-corrected chi connectivity index (χ1v) is 7.54. The number of fused-ring (bicyclic) bond motifs is 1. The van der Waals surface area contributed by atoms with Gasteiger partial charge in [0.05, 0.1) is 4.70 Å². The molecule has 1 aromatic heterocycles. The van der Waals surface area contributed by atoms with Crippen LogP contribution in [0.4, 0.5) is 5.82 Å². The van der Waals surface area contributed by atoms with Crippen LogP contribution in [-0.2, 0) is 0 Å². The lowest BCUT2D eigenvalue weighted by molar-refractivity contribution is 0.873. The van der Waals surface area contributed by atoms with E-state index in [9.17, 15) is 0 Å². The molecule has 3 rings (SSSR count). The van der Waals surface area contributed by atoms with Crippen LogP contribution in [0.5, 0.6) is 0 Å². The van der Waals surface area contributed by atoms with Crippen LogP contribution in [0, 0.1) is 0 Å². The number of nitrogens with one attached hydrogen (secondary N) is 1. The van der Waals surface area contributed by atoms with Crippen molar-refractivity contribution in [3.63, 3.8) is 0 Å². The van der Waals surface area contributed by atoms with E-state index in [0.717, 1.165) is 18.8 Å². The molecule has 0 aliphatic rings. The van der Waals surface area contributed by atoms with Crippen molar-refractivity contribution in [1.82, 2.24) is 4.37 Å². The third-order valence-corrected chi connectivity index (χ3v) is 4.08. The van der Waals surface area contributed by atoms with Gasteiger partial charge in [-0.25, -0.2) is 0 Å². The number of aromatic nitrogens is 1. The fraction of sp³-hybridized carbons (Fsp3) is 0.188. The summed E-state index contributed by atoms with van der Waals surface area (Å²) in [6.45, 7) is 1.56. The van der Waals surface area contributed by atoms with E-state index in [1.165, 1.54) is 32.7 Å². The molecular weight excluding hydrogens is 266 g/mol. The van der Waals surface area contributed by atoms with Crippen molar-refractivity contribution in [3.8, 4) is 11.1 Å². The first kappa shape index (κ1) is 13.1. The minimum Gasteiger partial charge on any atom is -0.369 e. The van der Waals surface area contributed by atoms with E-state index in [1.807, 2.05) is 6.07 Å². The Morgan fingerprint density at radius 3 is 2.70 bits per heavy atom. The van der Waals surface area contributed by atoms with Crippen molar-refractivity contribution in [2.24, 2.45) is 5.73 Å². The summed E-state index contributed by atoms with van der Waals surface area (Å²) in [6.07, 6.45) is 0.956. The van der Waals surface area contributed by atoms with Gasteiger partial charge in [0.25, 0.3) is 0 Å². The lowest BCUT2D eigenvalue weighted by atomic mass is 10.0. The van der Waals surface area contributed by atoms with E-state index in [0.29, 0.717) is 6.54 Å². The van der Waals surface area contributed by atoms with Gasteiger partial charge in [-0.3, -0.25) is 0 Å². The fourth-order valence-corrected chi connectivity index (χ4v) is 2.92. The number of anilines is 1. The standard InChI is InChI=1S/C16H17N3S/c17-9-4-10-18-16-14-11-13(7-8-15(14)20-19-16)12-5-2-1-3-6-12/h1-3,5-8,11H,4,9-10,17H2,(H,18,19). The van der Waals surface area contributed by atoms with Crippen LogP contribution in [0.3, 0.4) is 0 Å². The van der Waals surface area contributed by atoms with Gasteiger partial charge in [-0.05, 0) is 47.8 Å². The Balaban J connectivity index is 1.95. The molecule has 0 radical (unpaired) electrons.